The summed E-state index contributed by atoms with van der Waals surface area (Å²) in [6.45, 7) is -0.731. The summed E-state index contributed by atoms with van der Waals surface area (Å²) in [6.07, 6.45) is -8.20. The zero-order valence-electron chi connectivity index (χ0n) is 17.2. The lowest BCUT2D eigenvalue weighted by Gasteiger charge is -2.41. The minimum absolute atomic E-state index is 0.0326. The number of hydrogen-bond donors (Lipinski definition) is 6. The molecular weight excluding hydrogens is 440 g/mol. The third-order valence-corrected chi connectivity index (χ3v) is 5.63. The Morgan fingerprint density at radius 2 is 1.76 bits per heavy atom. The fraction of sp³-hybridized carbons (Fsp3) is 0.318. The van der Waals surface area contributed by atoms with Crippen LogP contribution in [-0.2, 0) is 4.74 Å². The molecule has 0 saturated carbocycles. The van der Waals surface area contributed by atoms with Gasteiger partial charge < -0.3 is 49.6 Å². The van der Waals surface area contributed by atoms with E-state index < -0.39 is 65.0 Å². The van der Waals surface area contributed by atoms with E-state index >= 15 is 0 Å². The molecule has 5 atom stereocenters. The number of aliphatic hydroxyl groups excluding tert-OH is 4. The largest absolute Gasteiger partial charge is 0.872 e. The van der Waals surface area contributed by atoms with Gasteiger partial charge in [-0.3, -0.25) is 4.79 Å². The molecule has 1 aliphatic heterocycles. The van der Waals surface area contributed by atoms with E-state index in [2.05, 4.69) is 0 Å². The van der Waals surface area contributed by atoms with Crippen molar-refractivity contribution in [1.82, 2.24) is 0 Å². The standard InChI is InChI=1S/C22H22O11/c1-31-13-4-8(2-3-9(13)24)12-5-10(25)16-14(32-12)6-11(26)17(19(16)28)22-21(30)20(29)18(27)15(7-23)33-22/h2-6,15,18,20-24,26-30H,7H2,1H3/p-1/t15-,18-,20+,21-,22+/m1/s1. The lowest BCUT2D eigenvalue weighted by Crippen LogP contribution is -2.55. The maximum atomic E-state index is 13.1. The van der Waals surface area contributed by atoms with Gasteiger partial charge in [0.05, 0.1) is 19.1 Å². The summed E-state index contributed by atoms with van der Waals surface area (Å²) in [6, 6.07) is 6.25. The normalized spacial score (nSPS) is 25.3. The number of rotatable bonds is 4. The van der Waals surface area contributed by atoms with Gasteiger partial charge in [-0.15, -0.1) is 0 Å². The second-order valence-corrected chi connectivity index (χ2v) is 7.62. The monoisotopic (exact) mass is 461 g/mol. The Bertz CT molecular complexity index is 1250. The summed E-state index contributed by atoms with van der Waals surface area (Å²) < 4.78 is 16.0. The molecule has 1 saturated heterocycles. The number of aliphatic hydroxyl groups is 4. The predicted molar refractivity (Wildman–Crippen MR) is 110 cm³/mol. The summed E-state index contributed by atoms with van der Waals surface area (Å²) in [5.74, 6) is -1.66. The molecule has 0 unspecified atom stereocenters. The first-order chi connectivity index (χ1) is 15.7. The highest BCUT2D eigenvalue weighted by Crippen LogP contribution is 2.43. The average Bonchev–Trinajstić information content (AvgIpc) is 2.78. The van der Waals surface area contributed by atoms with Gasteiger partial charge in [-0.05, 0) is 18.2 Å². The molecule has 3 aromatic rings. The van der Waals surface area contributed by atoms with Crippen LogP contribution < -0.4 is 15.3 Å². The molecule has 0 amide bonds. The Kier molecular flexibility index (Phi) is 5.91. The summed E-state index contributed by atoms with van der Waals surface area (Å²) in [7, 11) is 1.34. The smallest absolute Gasteiger partial charge is 0.192 e. The van der Waals surface area contributed by atoms with Crippen molar-refractivity contribution >= 4 is 11.0 Å². The van der Waals surface area contributed by atoms with E-state index in [0.29, 0.717) is 5.56 Å². The minimum atomic E-state index is -1.82. The fourth-order valence-electron chi connectivity index (χ4n) is 3.88. The van der Waals surface area contributed by atoms with E-state index in [-0.39, 0.29) is 22.8 Å². The van der Waals surface area contributed by atoms with Crippen molar-refractivity contribution in [2.24, 2.45) is 0 Å². The number of methoxy groups -OCH3 is 1. The Morgan fingerprint density at radius 3 is 2.42 bits per heavy atom. The third kappa shape index (κ3) is 3.75. The van der Waals surface area contributed by atoms with Gasteiger partial charge in [0, 0.05) is 23.3 Å². The summed E-state index contributed by atoms with van der Waals surface area (Å²) in [5.41, 5.74) is -1.17. The molecule has 0 spiro atoms. The first kappa shape index (κ1) is 22.8. The van der Waals surface area contributed by atoms with E-state index in [1.807, 2.05) is 0 Å². The SMILES string of the molecule is COc1cc(-c2cc(=O)c3c([O-])c([C@@H]4O[C@H](CO)[C@@H](O)[C@H](O)[C@H]4O)c(O)cc3o2)ccc1O. The zero-order chi connectivity index (χ0) is 24.0. The highest BCUT2D eigenvalue weighted by atomic mass is 16.5. The van der Waals surface area contributed by atoms with Gasteiger partial charge in [0.15, 0.2) is 16.9 Å². The molecule has 1 aromatic heterocycles. The lowest BCUT2D eigenvalue weighted by molar-refractivity contribution is -0.274. The maximum absolute atomic E-state index is 13.1. The molecule has 0 radical (unpaired) electrons. The quantitative estimate of drug-likeness (QED) is 0.292. The van der Waals surface area contributed by atoms with E-state index in [1.165, 1.54) is 25.3 Å². The maximum Gasteiger partial charge on any atom is 0.192 e. The number of fused-ring (bicyclic) bond motifs is 1. The van der Waals surface area contributed by atoms with Crippen molar-refractivity contribution in [1.29, 1.82) is 0 Å². The summed E-state index contributed by atoms with van der Waals surface area (Å²) in [4.78, 5) is 12.8. The number of aromatic hydroxyl groups is 2. The molecule has 2 heterocycles. The van der Waals surface area contributed by atoms with Crippen molar-refractivity contribution in [3.8, 4) is 34.3 Å². The van der Waals surface area contributed by atoms with Crippen LogP contribution in [0.5, 0.6) is 23.0 Å². The van der Waals surface area contributed by atoms with Crippen molar-refractivity contribution < 1.29 is 49.6 Å². The van der Waals surface area contributed by atoms with Crippen LogP contribution in [0.1, 0.15) is 11.7 Å². The number of benzene rings is 2. The van der Waals surface area contributed by atoms with Gasteiger partial charge in [-0.25, -0.2) is 0 Å². The van der Waals surface area contributed by atoms with Crippen LogP contribution >= 0.6 is 0 Å². The van der Waals surface area contributed by atoms with Crippen LogP contribution in [0.4, 0.5) is 0 Å². The van der Waals surface area contributed by atoms with Crippen LogP contribution in [0.15, 0.2) is 39.5 Å². The van der Waals surface area contributed by atoms with Gasteiger partial charge in [0.25, 0.3) is 0 Å². The lowest BCUT2D eigenvalue weighted by atomic mass is 9.89. The molecule has 33 heavy (non-hydrogen) atoms. The Labute approximate surface area is 185 Å². The summed E-state index contributed by atoms with van der Waals surface area (Å²) in [5, 5.41) is 72.6. The molecule has 0 aliphatic carbocycles. The van der Waals surface area contributed by atoms with Crippen LogP contribution in [0.3, 0.4) is 0 Å². The molecule has 11 nitrogen and oxygen atoms in total. The van der Waals surface area contributed by atoms with Crippen molar-refractivity contribution in [3.63, 3.8) is 0 Å². The van der Waals surface area contributed by atoms with E-state index in [9.17, 15) is 40.5 Å². The zero-order valence-corrected chi connectivity index (χ0v) is 17.2. The van der Waals surface area contributed by atoms with Crippen molar-refractivity contribution in [2.75, 3.05) is 13.7 Å². The van der Waals surface area contributed by atoms with Crippen LogP contribution in [0.25, 0.3) is 22.3 Å². The molecular formula is C22H21O11-. The van der Waals surface area contributed by atoms with Crippen LogP contribution in [0.2, 0.25) is 0 Å². The van der Waals surface area contributed by atoms with Gasteiger partial charge in [-0.1, -0.05) is 5.75 Å². The topological polar surface area (TPSA) is 193 Å². The van der Waals surface area contributed by atoms with Gasteiger partial charge >= 0.3 is 0 Å². The predicted octanol–water partition coefficient (Wildman–Crippen LogP) is -0.532. The first-order valence-electron chi connectivity index (χ1n) is 9.86. The number of ether oxygens (including phenoxy) is 2. The minimum Gasteiger partial charge on any atom is -0.872 e. The van der Waals surface area contributed by atoms with Crippen LogP contribution in [0, 0.1) is 0 Å². The molecule has 11 heteroatoms. The number of hydrogen-bond acceptors (Lipinski definition) is 11. The summed E-state index contributed by atoms with van der Waals surface area (Å²) >= 11 is 0. The molecule has 176 valence electrons. The van der Waals surface area contributed by atoms with Gasteiger partial charge in [-0.2, -0.15) is 0 Å². The fourth-order valence-corrected chi connectivity index (χ4v) is 3.88. The van der Waals surface area contributed by atoms with Crippen molar-refractivity contribution in [2.45, 2.75) is 30.5 Å². The second kappa shape index (κ2) is 8.54. The third-order valence-electron chi connectivity index (χ3n) is 5.63. The van der Waals surface area contributed by atoms with E-state index in [0.717, 1.165) is 12.1 Å². The molecule has 4 rings (SSSR count). The van der Waals surface area contributed by atoms with E-state index in [1.54, 1.807) is 0 Å². The molecule has 0 bridgehead atoms. The Hall–Kier alpha value is -3.35. The highest BCUT2D eigenvalue weighted by Gasteiger charge is 2.45. The molecule has 1 fully saturated rings. The molecule has 2 aromatic carbocycles. The van der Waals surface area contributed by atoms with Gasteiger partial charge in [0.1, 0.15) is 47.6 Å². The highest BCUT2D eigenvalue weighted by molar-refractivity contribution is 5.88. The average molecular weight is 461 g/mol. The second-order valence-electron chi connectivity index (χ2n) is 7.62. The van der Waals surface area contributed by atoms with Crippen LogP contribution in [-0.4, -0.2) is 68.8 Å². The van der Waals surface area contributed by atoms with E-state index in [4.69, 9.17) is 13.9 Å². The first-order valence-corrected chi connectivity index (χ1v) is 9.86. The Balaban J connectivity index is 1.85. The Morgan fingerprint density at radius 1 is 1.03 bits per heavy atom. The molecule has 6 N–H and O–H groups in total. The molecule has 1 aliphatic rings. The van der Waals surface area contributed by atoms with Crippen molar-refractivity contribution in [3.05, 3.63) is 46.1 Å². The van der Waals surface area contributed by atoms with Gasteiger partial charge in [0.2, 0.25) is 0 Å². The number of phenols is 2. The number of phenolic OH excluding ortho intramolecular Hbond substituents is 2.